The van der Waals surface area contributed by atoms with Crippen LogP contribution in [0.3, 0.4) is 0 Å². The van der Waals surface area contributed by atoms with Crippen molar-refractivity contribution in [2.75, 3.05) is 11.5 Å². The van der Waals surface area contributed by atoms with Crippen LogP contribution in [0.5, 0.6) is 0 Å². The van der Waals surface area contributed by atoms with E-state index in [1.54, 1.807) is 24.3 Å². The fourth-order valence-electron chi connectivity index (χ4n) is 1.68. The summed E-state index contributed by atoms with van der Waals surface area (Å²) < 4.78 is 14.3. The molecule has 3 nitrogen and oxygen atoms in total. The molecule has 0 fully saturated rings. The number of rotatable bonds is 5. The maximum absolute atomic E-state index is 13.4. The molecule has 6 heteroatoms. The monoisotopic (exact) mass is 368 g/mol. The zero-order valence-corrected chi connectivity index (χ0v) is 13.5. The van der Waals surface area contributed by atoms with Crippen LogP contribution in [0.15, 0.2) is 51.8 Å². The van der Waals surface area contributed by atoms with E-state index < -0.39 is 0 Å². The van der Waals surface area contributed by atoms with Gasteiger partial charge in [-0.05, 0) is 24.3 Å². The van der Waals surface area contributed by atoms with Crippen molar-refractivity contribution in [1.82, 2.24) is 5.32 Å². The number of anilines is 1. The lowest BCUT2D eigenvalue weighted by Gasteiger charge is -2.08. The van der Waals surface area contributed by atoms with Crippen molar-refractivity contribution in [2.45, 2.75) is 11.4 Å². The molecule has 0 aliphatic heterocycles. The van der Waals surface area contributed by atoms with Crippen LogP contribution < -0.4 is 11.1 Å². The van der Waals surface area contributed by atoms with Crippen LogP contribution in [0.25, 0.3) is 0 Å². The Morgan fingerprint density at radius 3 is 2.76 bits per heavy atom. The summed E-state index contributed by atoms with van der Waals surface area (Å²) in [6, 6.07) is 11.9. The third-order valence-electron chi connectivity index (χ3n) is 2.76. The van der Waals surface area contributed by atoms with E-state index in [0.29, 0.717) is 11.3 Å². The summed E-state index contributed by atoms with van der Waals surface area (Å²) in [7, 11) is 0. The Morgan fingerprint density at radius 1 is 1.29 bits per heavy atom. The van der Waals surface area contributed by atoms with Crippen LogP contribution in [0.1, 0.15) is 5.56 Å². The van der Waals surface area contributed by atoms with Crippen molar-refractivity contribution in [2.24, 2.45) is 0 Å². The molecule has 1 amide bonds. The average molecular weight is 369 g/mol. The van der Waals surface area contributed by atoms with Gasteiger partial charge in [-0.2, -0.15) is 0 Å². The van der Waals surface area contributed by atoms with E-state index in [1.165, 1.54) is 17.8 Å². The predicted molar refractivity (Wildman–Crippen MR) is 87.5 cm³/mol. The number of nitrogen functional groups attached to an aromatic ring is 1. The zero-order valence-electron chi connectivity index (χ0n) is 11.1. The van der Waals surface area contributed by atoms with Gasteiger partial charge < -0.3 is 11.1 Å². The van der Waals surface area contributed by atoms with Crippen LogP contribution >= 0.6 is 27.7 Å². The van der Waals surface area contributed by atoms with E-state index >= 15 is 0 Å². The Labute approximate surface area is 135 Å². The van der Waals surface area contributed by atoms with Crippen molar-refractivity contribution in [3.8, 4) is 0 Å². The van der Waals surface area contributed by atoms with Crippen molar-refractivity contribution in [3.63, 3.8) is 0 Å². The van der Waals surface area contributed by atoms with Gasteiger partial charge in [-0.1, -0.05) is 34.1 Å². The van der Waals surface area contributed by atoms with Gasteiger partial charge in [-0.15, -0.1) is 11.8 Å². The number of benzene rings is 2. The van der Waals surface area contributed by atoms with E-state index in [1.807, 2.05) is 12.1 Å². The first-order valence-corrected chi connectivity index (χ1v) is 8.02. The first-order chi connectivity index (χ1) is 10.1. The Bertz CT molecular complexity index is 651. The van der Waals surface area contributed by atoms with Crippen LogP contribution in [-0.2, 0) is 11.3 Å². The van der Waals surface area contributed by atoms with E-state index in [0.717, 1.165) is 9.37 Å². The summed E-state index contributed by atoms with van der Waals surface area (Å²) in [5, 5.41) is 2.69. The summed E-state index contributed by atoms with van der Waals surface area (Å²) in [5.74, 6) is -0.242. The van der Waals surface area contributed by atoms with Gasteiger partial charge in [0.15, 0.2) is 0 Å². The van der Waals surface area contributed by atoms with Gasteiger partial charge >= 0.3 is 0 Å². The number of thioether (sulfide) groups is 1. The van der Waals surface area contributed by atoms with Gasteiger partial charge in [0, 0.05) is 27.2 Å². The lowest BCUT2D eigenvalue weighted by atomic mass is 10.2. The minimum Gasteiger partial charge on any atom is -0.398 e. The van der Waals surface area contributed by atoms with Crippen molar-refractivity contribution in [3.05, 3.63) is 58.3 Å². The number of carbonyl (C=O) groups excluding carboxylic acids is 1. The third-order valence-corrected chi connectivity index (χ3v) is 4.35. The third kappa shape index (κ3) is 4.75. The Morgan fingerprint density at radius 2 is 2.05 bits per heavy atom. The number of nitrogens with one attached hydrogen (secondary N) is 1. The molecule has 0 aromatic heterocycles. The molecular weight excluding hydrogens is 355 g/mol. The summed E-state index contributed by atoms with van der Waals surface area (Å²) in [6.07, 6.45) is 0. The van der Waals surface area contributed by atoms with Crippen LogP contribution in [0, 0.1) is 5.82 Å². The van der Waals surface area contributed by atoms with Crippen LogP contribution in [0.2, 0.25) is 0 Å². The van der Waals surface area contributed by atoms with Crippen molar-refractivity contribution >= 4 is 39.3 Å². The molecule has 110 valence electrons. The predicted octanol–water partition coefficient (Wildman–Crippen LogP) is 3.58. The van der Waals surface area contributed by atoms with Crippen molar-refractivity contribution < 1.29 is 9.18 Å². The number of amides is 1. The molecule has 0 saturated heterocycles. The maximum Gasteiger partial charge on any atom is 0.230 e. The van der Waals surface area contributed by atoms with E-state index in [9.17, 15) is 9.18 Å². The Balaban J connectivity index is 1.84. The standard InChI is InChI=1S/C15H14BrFN2OS/c16-11-5-6-14(13(18)7-11)21-9-15(20)19-8-10-3-1-2-4-12(10)17/h1-7H,8-9,18H2,(H,19,20). The van der Waals surface area contributed by atoms with Crippen molar-refractivity contribution in [1.29, 1.82) is 0 Å². The first kappa shape index (κ1) is 15.9. The van der Waals surface area contributed by atoms with Gasteiger partial charge in [0.2, 0.25) is 5.91 Å². The van der Waals surface area contributed by atoms with E-state index in [4.69, 9.17) is 5.73 Å². The lowest BCUT2D eigenvalue weighted by Crippen LogP contribution is -2.25. The smallest absolute Gasteiger partial charge is 0.230 e. The topological polar surface area (TPSA) is 55.1 Å². The van der Waals surface area contributed by atoms with Gasteiger partial charge in [-0.3, -0.25) is 4.79 Å². The molecule has 2 aromatic carbocycles. The van der Waals surface area contributed by atoms with Gasteiger partial charge in [-0.25, -0.2) is 4.39 Å². The molecule has 0 bridgehead atoms. The number of nitrogens with two attached hydrogens (primary N) is 1. The molecule has 3 N–H and O–H groups in total. The largest absolute Gasteiger partial charge is 0.398 e. The molecule has 0 radical (unpaired) electrons. The summed E-state index contributed by atoms with van der Waals surface area (Å²) in [6.45, 7) is 0.182. The minimum absolute atomic E-state index is 0.162. The lowest BCUT2D eigenvalue weighted by molar-refractivity contribution is -0.118. The first-order valence-electron chi connectivity index (χ1n) is 6.24. The van der Waals surface area contributed by atoms with E-state index in [-0.39, 0.29) is 24.0 Å². The number of carbonyl (C=O) groups is 1. The highest BCUT2D eigenvalue weighted by Gasteiger charge is 2.07. The van der Waals surface area contributed by atoms with Gasteiger partial charge in [0.05, 0.1) is 5.75 Å². The molecule has 21 heavy (non-hydrogen) atoms. The van der Waals surface area contributed by atoms with Crippen LogP contribution in [-0.4, -0.2) is 11.7 Å². The molecular formula is C15H14BrFN2OS. The van der Waals surface area contributed by atoms with Crippen LogP contribution in [0.4, 0.5) is 10.1 Å². The zero-order chi connectivity index (χ0) is 15.2. The number of hydrogen-bond donors (Lipinski definition) is 2. The molecule has 0 unspecified atom stereocenters. The highest BCUT2D eigenvalue weighted by Crippen LogP contribution is 2.27. The van der Waals surface area contributed by atoms with Gasteiger partial charge in [0.25, 0.3) is 0 Å². The highest BCUT2D eigenvalue weighted by molar-refractivity contribution is 9.10. The van der Waals surface area contributed by atoms with E-state index in [2.05, 4.69) is 21.2 Å². The Kier molecular flexibility index (Phi) is 5.64. The molecule has 0 spiro atoms. The number of halogens is 2. The maximum atomic E-state index is 13.4. The second-order valence-corrected chi connectivity index (χ2v) is 6.27. The molecule has 0 atom stereocenters. The summed E-state index contributed by atoms with van der Waals surface area (Å²) in [4.78, 5) is 12.6. The molecule has 2 rings (SSSR count). The molecule has 0 saturated carbocycles. The summed E-state index contributed by atoms with van der Waals surface area (Å²) in [5.41, 5.74) is 6.95. The second-order valence-electron chi connectivity index (χ2n) is 4.34. The summed E-state index contributed by atoms with van der Waals surface area (Å²) >= 11 is 4.68. The molecule has 0 aliphatic rings. The fourth-order valence-corrected chi connectivity index (χ4v) is 2.84. The minimum atomic E-state index is -0.317. The fraction of sp³-hybridized carbons (Fsp3) is 0.133. The SMILES string of the molecule is Nc1cc(Br)ccc1SCC(=O)NCc1ccccc1F. The number of hydrogen-bond acceptors (Lipinski definition) is 3. The molecule has 0 heterocycles. The molecule has 0 aliphatic carbocycles. The normalized spacial score (nSPS) is 10.4. The second kappa shape index (κ2) is 7.47. The quantitative estimate of drug-likeness (QED) is 0.626. The average Bonchev–Trinajstić information content (AvgIpc) is 2.45. The van der Waals surface area contributed by atoms with Gasteiger partial charge in [0.1, 0.15) is 5.82 Å². The molecule has 2 aromatic rings. The Hall–Kier alpha value is -1.53. The highest BCUT2D eigenvalue weighted by atomic mass is 79.9.